The number of hydrogen-bond donors (Lipinski definition) is 1. The molecule has 1 aromatic carbocycles. The van der Waals surface area contributed by atoms with Gasteiger partial charge in [0.15, 0.2) is 0 Å². The summed E-state index contributed by atoms with van der Waals surface area (Å²) in [6.45, 7) is 0.242. The van der Waals surface area contributed by atoms with Gasteiger partial charge in [0.2, 0.25) is 0 Å². The Labute approximate surface area is 113 Å². The van der Waals surface area contributed by atoms with Gasteiger partial charge in [0.25, 0.3) is 0 Å². The first-order valence-corrected chi connectivity index (χ1v) is 5.61. The summed E-state index contributed by atoms with van der Waals surface area (Å²) in [6.07, 6.45) is -3.15. The van der Waals surface area contributed by atoms with Crippen molar-refractivity contribution in [3.63, 3.8) is 0 Å². The van der Waals surface area contributed by atoms with Gasteiger partial charge in [-0.05, 0) is 42.0 Å². The van der Waals surface area contributed by atoms with Crippen molar-refractivity contribution in [3.8, 4) is 11.5 Å². The fourth-order valence-corrected chi connectivity index (χ4v) is 1.49. The quantitative estimate of drug-likeness (QED) is 0.937. The molecule has 0 atom stereocenters. The van der Waals surface area contributed by atoms with E-state index in [1.165, 1.54) is 24.3 Å². The number of halogens is 3. The summed E-state index contributed by atoms with van der Waals surface area (Å²) < 4.78 is 45.1. The number of alkyl halides is 3. The van der Waals surface area contributed by atoms with Crippen LogP contribution in [0.3, 0.4) is 0 Å². The molecular formula is C13H11F3N2O2. The Morgan fingerprint density at radius 1 is 1.05 bits per heavy atom. The van der Waals surface area contributed by atoms with Crippen molar-refractivity contribution in [1.82, 2.24) is 4.98 Å². The Kier molecular flexibility index (Phi) is 3.97. The molecule has 1 heterocycles. The van der Waals surface area contributed by atoms with Crippen LogP contribution in [0.1, 0.15) is 5.56 Å². The van der Waals surface area contributed by atoms with Crippen LogP contribution >= 0.6 is 0 Å². The molecule has 0 saturated carbocycles. The van der Waals surface area contributed by atoms with Gasteiger partial charge in [0.05, 0.1) is 0 Å². The summed E-state index contributed by atoms with van der Waals surface area (Å²) in [5, 5.41) is 0. The van der Waals surface area contributed by atoms with Crippen molar-refractivity contribution < 1.29 is 22.6 Å². The number of nitrogens with two attached hydrogens (primary N) is 1. The predicted octanol–water partition coefficient (Wildman–Crippen LogP) is 3.14. The number of nitrogens with zero attached hydrogens (tertiary/aromatic N) is 1. The van der Waals surface area contributed by atoms with E-state index in [9.17, 15) is 13.2 Å². The summed E-state index contributed by atoms with van der Waals surface area (Å²) in [4.78, 5) is 3.84. The lowest BCUT2D eigenvalue weighted by molar-refractivity contribution is -0.274. The Hall–Kier alpha value is -2.44. The van der Waals surface area contributed by atoms with E-state index in [-0.39, 0.29) is 12.4 Å². The molecule has 106 valence electrons. The zero-order valence-corrected chi connectivity index (χ0v) is 10.2. The maximum absolute atomic E-state index is 12.0. The van der Waals surface area contributed by atoms with Crippen LogP contribution in [0.5, 0.6) is 11.5 Å². The van der Waals surface area contributed by atoms with E-state index in [1.807, 2.05) is 0 Å². The lowest BCUT2D eigenvalue weighted by Crippen LogP contribution is -2.16. The number of rotatable bonds is 4. The van der Waals surface area contributed by atoms with E-state index in [2.05, 4.69) is 9.72 Å². The zero-order valence-electron chi connectivity index (χ0n) is 10.2. The van der Waals surface area contributed by atoms with E-state index in [4.69, 9.17) is 10.5 Å². The molecule has 2 N–H and O–H groups in total. The van der Waals surface area contributed by atoms with Gasteiger partial charge in [0, 0.05) is 6.20 Å². The SMILES string of the molecule is Nc1cc(COc2ccc(OC(F)(F)F)cc2)ccn1. The molecule has 2 aromatic rings. The van der Waals surface area contributed by atoms with E-state index in [0.29, 0.717) is 11.6 Å². The van der Waals surface area contributed by atoms with Gasteiger partial charge in [-0.2, -0.15) is 0 Å². The highest BCUT2D eigenvalue weighted by atomic mass is 19.4. The standard InChI is InChI=1S/C13H11F3N2O2/c14-13(15,16)20-11-3-1-10(2-4-11)19-8-9-5-6-18-12(17)7-9/h1-7H,8H2,(H2,17,18). The third-order valence-corrected chi connectivity index (χ3v) is 2.31. The van der Waals surface area contributed by atoms with Crippen molar-refractivity contribution >= 4 is 5.82 Å². The van der Waals surface area contributed by atoms with Crippen LogP contribution in [0, 0.1) is 0 Å². The molecule has 0 radical (unpaired) electrons. The second kappa shape index (κ2) is 5.68. The molecule has 1 aromatic heterocycles. The average molecular weight is 284 g/mol. The minimum Gasteiger partial charge on any atom is -0.489 e. The normalized spacial score (nSPS) is 11.2. The number of aromatic nitrogens is 1. The van der Waals surface area contributed by atoms with Gasteiger partial charge in [-0.15, -0.1) is 13.2 Å². The van der Waals surface area contributed by atoms with Crippen LogP contribution in [-0.2, 0) is 6.61 Å². The number of nitrogen functional groups attached to an aromatic ring is 1. The average Bonchev–Trinajstić information content (AvgIpc) is 2.36. The first-order valence-electron chi connectivity index (χ1n) is 5.61. The van der Waals surface area contributed by atoms with Crippen LogP contribution in [-0.4, -0.2) is 11.3 Å². The summed E-state index contributed by atoms with van der Waals surface area (Å²) in [6, 6.07) is 8.54. The van der Waals surface area contributed by atoms with Crippen molar-refractivity contribution in [1.29, 1.82) is 0 Å². The monoisotopic (exact) mass is 284 g/mol. The van der Waals surface area contributed by atoms with E-state index in [0.717, 1.165) is 5.56 Å². The molecule has 0 bridgehead atoms. The van der Waals surface area contributed by atoms with Crippen LogP contribution in [0.2, 0.25) is 0 Å². The van der Waals surface area contributed by atoms with Gasteiger partial charge in [-0.25, -0.2) is 4.98 Å². The third kappa shape index (κ3) is 4.34. The number of benzene rings is 1. The fourth-order valence-electron chi connectivity index (χ4n) is 1.49. The molecule has 2 rings (SSSR count). The highest BCUT2D eigenvalue weighted by Crippen LogP contribution is 2.25. The number of hydrogen-bond acceptors (Lipinski definition) is 4. The first-order chi connectivity index (χ1) is 9.42. The molecule has 0 unspecified atom stereocenters. The number of ether oxygens (including phenoxy) is 2. The van der Waals surface area contributed by atoms with Crippen molar-refractivity contribution in [2.75, 3.05) is 5.73 Å². The van der Waals surface area contributed by atoms with Crippen LogP contribution < -0.4 is 15.2 Å². The van der Waals surface area contributed by atoms with Gasteiger partial charge in [-0.3, -0.25) is 0 Å². The number of anilines is 1. The van der Waals surface area contributed by atoms with Gasteiger partial charge in [-0.1, -0.05) is 0 Å². The fraction of sp³-hybridized carbons (Fsp3) is 0.154. The van der Waals surface area contributed by atoms with Crippen LogP contribution in [0.4, 0.5) is 19.0 Å². The highest BCUT2D eigenvalue weighted by Gasteiger charge is 2.30. The van der Waals surface area contributed by atoms with E-state index in [1.54, 1.807) is 18.3 Å². The minimum atomic E-state index is -4.70. The second-order valence-corrected chi connectivity index (χ2v) is 3.90. The molecule has 7 heteroatoms. The highest BCUT2D eigenvalue weighted by molar-refractivity contribution is 5.33. The zero-order chi connectivity index (χ0) is 14.6. The van der Waals surface area contributed by atoms with Gasteiger partial charge >= 0.3 is 6.36 Å². The molecule has 0 saturated heterocycles. The molecule has 0 aliphatic heterocycles. The second-order valence-electron chi connectivity index (χ2n) is 3.90. The Morgan fingerprint density at radius 2 is 1.70 bits per heavy atom. The molecule has 4 nitrogen and oxygen atoms in total. The van der Waals surface area contributed by atoms with Crippen molar-refractivity contribution in [3.05, 3.63) is 48.2 Å². The lowest BCUT2D eigenvalue weighted by Gasteiger charge is -2.10. The summed E-state index contributed by atoms with van der Waals surface area (Å²) >= 11 is 0. The third-order valence-electron chi connectivity index (χ3n) is 2.31. The van der Waals surface area contributed by atoms with Gasteiger partial charge in [0.1, 0.15) is 23.9 Å². The van der Waals surface area contributed by atoms with Gasteiger partial charge < -0.3 is 15.2 Å². The van der Waals surface area contributed by atoms with E-state index >= 15 is 0 Å². The molecule has 0 aliphatic carbocycles. The Morgan fingerprint density at radius 3 is 2.30 bits per heavy atom. The van der Waals surface area contributed by atoms with Crippen LogP contribution in [0.15, 0.2) is 42.6 Å². The smallest absolute Gasteiger partial charge is 0.489 e. The Balaban J connectivity index is 1.94. The molecule has 0 aliphatic rings. The van der Waals surface area contributed by atoms with Crippen molar-refractivity contribution in [2.45, 2.75) is 13.0 Å². The molecule has 0 fully saturated rings. The predicted molar refractivity (Wildman–Crippen MR) is 66.1 cm³/mol. The minimum absolute atomic E-state index is 0.242. The lowest BCUT2D eigenvalue weighted by atomic mass is 10.3. The first kappa shape index (κ1) is 14.0. The molecule has 0 spiro atoms. The summed E-state index contributed by atoms with van der Waals surface area (Å²) in [5.74, 6) is 0.507. The number of pyridine rings is 1. The van der Waals surface area contributed by atoms with Crippen LogP contribution in [0.25, 0.3) is 0 Å². The maximum Gasteiger partial charge on any atom is 0.573 e. The summed E-state index contributed by atoms with van der Waals surface area (Å²) in [7, 11) is 0. The molecular weight excluding hydrogens is 273 g/mol. The Bertz CT molecular complexity index is 571. The summed E-state index contributed by atoms with van der Waals surface area (Å²) in [5.41, 5.74) is 6.33. The molecule has 20 heavy (non-hydrogen) atoms. The topological polar surface area (TPSA) is 57.4 Å². The van der Waals surface area contributed by atoms with E-state index < -0.39 is 6.36 Å². The van der Waals surface area contributed by atoms with Crippen molar-refractivity contribution in [2.24, 2.45) is 0 Å². The maximum atomic E-state index is 12.0. The largest absolute Gasteiger partial charge is 0.573 e. The molecule has 0 amide bonds.